The van der Waals surface area contributed by atoms with Gasteiger partial charge in [0.05, 0.1) is 54.7 Å². The highest BCUT2D eigenvalue weighted by atomic mass is 19.1. The van der Waals surface area contributed by atoms with Gasteiger partial charge in [-0.2, -0.15) is 0 Å². The summed E-state index contributed by atoms with van der Waals surface area (Å²) in [6.07, 6.45) is -1.53. The number of aliphatic hydroxyl groups excluding tert-OH is 1. The Morgan fingerprint density at radius 3 is 2.38 bits per heavy atom. The molecule has 0 radical (unpaired) electrons. The second-order valence-corrected chi connectivity index (χ2v) is 15.9. The number of esters is 1. The summed E-state index contributed by atoms with van der Waals surface area (Å²) in [5.41, 5.74) is 1.31. The number of nitrogens with zero attached hydrogens (tertiary/aromatic N) is 2. The smallest absolute Gasteiger partial charge is 0.343 e. The number of pyridine rings is 2. The molecule has 4 heterocycles. The van der Waals surface area contributed by atoms with E-state index in [1.54, 1.807) is 44.2 Å². The lowest BCUT2D eigenvalue weighted by molar-refractivity contribution is -0.172. The maximum atomic E-state index is 15.3. The molecule has 20 nitrogen and oxygen atoms in total. The van der Waals surface area contributed by atoms with Crippen LogP contribution >= 0.6 is 0 Å². The number of fused-ring (bicyclic) bond motifs is 5. The van der Waals surface area contributed by atoms with Crippen LogP contribution in [0.3, 0.4) is 0 Å². The van der Waals surface area contributed by atoms with E-state index in [0.717, 1.165) is 0 Å². The molecule has 3 aliphatic rings. The summed E-state index contributed by atoms with van der Waals surface area (Å²) in [6.45, 7) is 2.03. The number of carbonyl (C=O) groups excluding carboxylic acids is 7. The summed E-state index contributed by atoms with van der Waals surface area (Å²) in [4.78, 5) is 106. The van der Waals surface area contributed by atoms with Gasteiger partial charge in [-0.25, -0.2) is 14.2 Å². The van der Waals surface area contributed by atoms with Crippen molar-refractivity contribution in [3.63, 3.8) is 0 Å². The Morgan fingerprint density at radius 2 is 1.66 bits per heavy atom. The van der Waals surface area contributed by atoms with Gasteiger partial charge in [0.15, 0.2) is 5.60 Å². The van der Waals surface area contributed by atoms with Crippen LogP contribution in [0, 0.1) is 12.7 Å². The number of benzene rings is 2. The van der Waals surface area contributed by atoms with E-state index < -0.39 is 96.6 Å². The predicted octanol–water partition coefficient (Wildman–Crippen LogP) is -0.865. The fourth-order valence-corrected chi connectivity index (χ4v) is 8.32. The molecule has 2 aromatic carbocycles. The Labute approximate surface area is 369 Å². The van der Waals surface area contributed by atoms with Crippen molar-refractivity contribution in [2.24, 2.45) is 0 Å². The van der Waals surface area contributed by atoms with Crippen molar-refractivity contribution in [2.75, 3.05) is 26.4 Å². The Kier molecular flexibility index (Phi) is 13.4. The van der Waals surface area contributed by atoms with Gasteiger partial charge < -0.3 is 56.2 Å². The number of amides is 6. The average Bonchev–Trinajstić information content (AvgIpc) is 3.66. The number of ether oxygens (including phenoxy) is 2. The molecule has 21 heteroatoms. The van der Waals surface area contributed by atoms with Gasteiger partial charge in [0.1, 0.15) is 25.2 Å². The van der Waals surface area contributed by atoms with E-state index in [1.807, 2.05) is 0 Å². The summed E-state index contributed by atoms with van der Waals surface area (Å²) < 4.78 is 27.2. The van der Waals surface area contributed by atoms with Gasteiger partial charge in [0.2, 0.25) is 35.8 Å². The molecule has 0 bridgehead atoms. The van der Waals surface area contributed by atoms with E-state index in [0.29, 0.717) is 45.3 Å². The van der Waals surface area contributed by atoms with Crippen LogP contribution in [0.1, 0.15) is 71.7 Å². The zero-order valence-electron chi connectivity index (χ0n) is 35.6. The first-order chi connectivity index (χ1) is 31.0. The standard InChI is InChI=1S/C44H47FN8O12/c1-4-44(63)27-13-32-38-25(18-53(32)41(60)26(27)19-64-43(44)62)37-29(11-10-24-21(2)28(45)14-30(51-38)36(24)37)52-40(59)42(61)65-20-49-34(56)16-48-39(58)31(12-23-8-6-5-7-9-23)50-35(57)17-47-33(55)15-46-22(3)54/h5-9,13-14,29,31,42,61,63H,4,10-12,15-20H2,1-3H3,(H,46,54)(H,47,55)(H,48,58)(H,49,56)(H,50,57)(H,52,59)/t29-,31-,42-,44-/m0/s1. The predicted molar refractivity (Wildman–Crippen MR) is 225 cm³/mol. The van der Waals surface area contributed by atoms with Crippen LogP contribution in [0.25, 0.3) is 22.3 Å². The molecule has 1 aliphatic carbocycles. The van der Waals surface area contributed by atoms with E-state index in [1.165, 1.54) is 23.6 Å². The molecule has 65 heavy (non-hydrogen) atoms. The van der Waals surface area contributed by atoms with Gasteiger partial charge in [0, 0.05) is 35.9 Å². The number of aromatic nitrogens is 2. The van der Waals surface area contributed by atoms with Gasteiger partial charge in [-0.3, -0.25) is 33.6 Å². The maximum Gasteiger partial charge on any atom is 0.343 e. The Bertz CT molecular complexity index is 2690. The van der Waals surface area contributed by atoms with Crippen LogP contribution in [-0.2, 0) is 74.6 Å². The molecule has 0 unspecified atom stereocenters. The Balaban J connectivity index is 0.995. The number of aryl methyl sites for hydroxylation is 1. The van der Waals surface area contributed by atoms with Gasteiger partial charge in [-0.15, -0.1) is 0 Å². The molecule has 0 saturated heterocycles. The van der Waals surface area contributed by atoms with Crippen LogP contribution in [0.4, 0.5) is 4.39 Å². The number of halogens is 1. The molecule has 2 aliphatic heterocycles. The van der Waals surface area contributed by atoms with Crippen molar-refractivity contribution >= 4 is 52.3 Å². The van der Waals surface area contributed by atoms with E-state index in [4.69, 9.17) is 14.5 Å². The molecular weight excluding hydrogens is 852 g/mol. The molecule has 0 fully saturated rings. The molecule has 342 valence electrons. The molecule has 8 N–H and O–H groups in total. The zero-order chi connectivity index (χ0) is 46.7. The van der Waals surface area contributed by atoms with Crippen LogP contribution in [0.2, 0.25) is 0 Å². The number of hydrogen-bond acceptors (Lipinski definition) is 13. The molecule has 4 aromatic rings. The fourth-order valence-electron chi connectivity index (χ4n) is 8.32. The first-order valence-electron chi connectivity index (χ1n) is 20.8. The van der Waals surface area contributed by atoms with E-state index >= 15 is 4.39 Å². The Hall–Kier alpha value is -7.10. The number of aliphatic hydroxyl groups is 2. The van der Waals surface area contributed by atoms with Crippen LogP contribution < -0.4 is 37.5 Å². The maximum absolute atomic E-state index is 15.3. The highest BCUT2D eigenvalue weighted by Crippen LogP contribution is 2.46. The molecule has 6 amide bonds. The third kappa shape index (κ3) is 9.42. The lowest BCUT2D eigenvalue weighted by Crippen LogP contribution is -2.52. The van der Waals surface area contributed by atoms with Crippen LogP contribution in [-0.4, -0.2) is 99.9 Å². The summed E-state index contributed by atoms with van der Waals surface area (Å²) in [6, 6.07) is 9.55. The first kappa shape index (κ1) is 45.9. The minimum Gasteiger partial charge on any atom is -0.458 e. The van der Waals surface area contributed by atoms with Crippen molar-refractivity contribution in [1.82, 2.24) is 41.5 Å². The lowest BCUT2D eigenvalue weighted by atomic mass is 9.81. The summed E-state index contributed by atoms with van der Waals surface area (Å²) >= 11 is 0. The molecule has 7 rings (SSSR count). The monoisotopic (exact) mass is 898 g/mol. The van der Waals surface area contributed by atoms with Gasteiger partial charge in [0.25, 0.3) is 11.5 Å². The average molecular weight is 899 g/mol. The lowest BCUT2D eigenvalue weighted by Gasteiger charge is -2.31. The summed E-state index contributed by atoms with van der Waals surface area (Å²) in [7, 11) is 0. The number of nitrogens with one attached hydrogen (secondary N) is 6. The molecule has 4 atom stereocenters. The van der Waals surface area contributed by atoms with E-state index in [-0.39, 0.29) is 61.3 Å². The van der Waals surface area contributed by atoms with Crippen molar-refractivity contribution in [1.29, 1.82) is 0 Å². The normalized spacial score (nSPS) is 17.6. The second kappa shape index (κ2) is 18.9. The van der Waals surface area contributed by atoms with Crippen molar-refractivity contribution < 1.29 is 57.6 Å². The van der Waals surface area contributed by atoms with E-state index in [2.05, 4.69) is 31.9 Å². The number of cyclic esters (lactones) is 1. The van der Waals surface area contributed by atoms with Crippen molar-refractivity contribution in [2.45, 2.75) is 83.6 Å². The minimum atomic E-state index is -2.09. The summed E-state index contributed by atoms with van der Waals surface area (Å²) in [5, 5.41) is 37.3. The van der Waals surface area contributed by atoms with Gasteiger partial charge in [-0.1, -0.05) is 37.3 Å². The second-order valence-electron chi connectivity index (χ2n) is 15.9. The topological polar surface area (TPSA) is 285 Å². The highest BCUT2D eigenvalue weighted by Gasteiger charge is 2.46. The summed E-state index contributed by atoms with van der Waals surface area (Å²) in [5.74, 6) is -5.63. The zero-order valence-corrected chi connectivity index (χ0v) is 35.6. The molecular formula is C44H47FN8O12. The largest absolute Gasteiger partial charge is 0.458 e. The van der Waals surface area contributed by atoms with Gasteiger partial charge >= 0.3 is 5.97 Å². The van der Waals surface area contributed by atoms with E-state index in [9.17, 15) is 48.6 Å². The SMILES string of the molecule is CC[C@@]1(O)C(=O)OCc2c1cc1n(c2=O)Cc2c-1nc1cc(F)c(C)c3c1c2[C@@H](NC(=O)[C@@H](O)OCNC(=O)CNC(=O)[C@H](Cc1ccccc1)NC(=O)CNC(=O)CNC(C)=O)CC3. The van der Waals surface area contributed by atoms with Crippen LogP contribution in [0.15, 0.2) is 47.3 Å². The van der Waals surface area contributed by atoms with Crippen LogP contribution in [0.5, 0.6) is 0 Å². The third-order valence-corrected chi connectivity index (χ3v) is 11.7. The van der Waals surface area contributed by atoms with Crippen molar-refractivity contribution in [3.8, 4) is 11.4 Å². The number of carbonyl (C=O) groups is 7. The first-order valence-corrected chi connectivity index (χ1v) is 20.8. The Morgan fingerprint density at radius 1 is 0.954 bits per heavy atom. The highest BCUT2D eigenvalue weighted by molar-refractivity contribution is 5.95. The number of hydrogen-bond donors (Lipinski definition) is 8. The minimum absolute atomic E-state index is 0.00387. The molecule has 0 saturated carbocycles. The molecule has 2 aromatic heterocycles. The van der Waals surface area contributed by atoms with Crippen molar-refractivity contribution in [3.05, 3.63) is 97.6 Å². The third-order valence-electron chi connectivity index (χ3n) is 11.7. The molecule has 0 spiro atoms. The number of rotatable bonds is 16. The fraction of sp³-hybridized carbons (Fsp3) is 0.386. The van der Waals surface area contributed by atoms with Gasteiger partial charge in [-0.05, 0) is 54.5 Å². The quantitative estimate of drug-likeness (QED) is 0.0443.